The predicted molar refractivity (Wildman–Crippen MR) is 94.2 cm³/mol. The molecular weight excluding hydrogens is 366 g/mol. The molecule has 0 N–H and O–H groups in total. The van der Waals surface area contributed by atoms with E-state index in [4.69, 9.17) is 11.6 Å². The molecule has 1 saturated heterocycles. The number of nitrogens with zero attached hydrogens (tertiary/aromatic N) is 3. The fourth-order valence-electron chi connectivity index (χ4n) is 2.61. The Morgan fingerprint density at radius 2 is 1.60 bits per heavy atom. The number of amides is 2. The molecule has 0 unspecified atom stereocenters. The second-order valence-electron chi connectivity index (χ2n) is 5.46. The highest BCUT2D eigenvalue weighted by Crippen LogP contribution is 2.25. The zero-order valence-electron chi connectivity index (χ0n) is 13.1. The van der Waals surface area contributed by atoms with Gasteiger partial charge in [-0.3, -0.25) is 19.7 Å². The van der Waals surface area contributed by atoms with E-state index in [0.717, 1.165) is 11.3 Å². The van der Waals surface area contributed by atoms with Crippen molar-refractivity contribution < 1.29 is 14.5 Å². The summed E-state index contributed by atoms with van der Waals surface area (Å²) < 4.78 is 0. The van der Waals surface area contributed by atoms with Gasteiger partial charge in [0.15, 0.2) is 0 Å². The third-order valence-corrected chi connectivity index (χ3v) is 5.30. The van der Waals surface area contributed by atoms with Crippen molar-refractivity contribution in [3.05, 3.63) is 62.0 Å². The maximum atomic E-state index is 12.5. The van der Waals surface area contributed by atoms with Gasteiger partial charge < -0.3 is 9.80 Å². The lowest BCUT2D eigenvalue weighted by Gasteiger charge is -2.34. The van der Waals surface area contributed by atoms with Gasteiger partial charge in [0.25, 0.3) is 11.8 Å². The van der Waals surface area contributed by atoms with E-state index < -0.39 is 4.92 Å². The van der Waals surface area contributed by atoms with Gasteiger partial charge in [0.1, 0.15) is 0 Å². The number of hydrogen-bond acceptors (Lipinski definition) is 5. The lowest BCUT2D eigenvalue weighted by molar-refractivity contribution is -0.380. The van der Waals surface area contributed by atoms with Gasteiger partial charge in [0.05, 0.1) is 20.4 Å². The molecule has 2 amide bonds. The van der Waals surface area contributed by atoms with Crippen LogP contribution in [0.5, 0.6) is 0 Å². The molecule has 1 aromatic heterocycles. The molecule has 2 aromatic rings. The summed E-state index contributed by atoms with van der Waals surface area (Å²) in [5.41, 5.74) is 0.442. The smallest absolute Gasteiger partial charge is 0.324 e. The average molecular weight is 380 g/mol. The molecule has 1 aliphatic heterocycles. The number of halogens is 1. The van der Waals surface area contributed by atoms with Crippen LogP contribution < -0.4 is 0 Å². The van der Waals surface area contributed by atoms with Gasteiger partial charge in [0.2, 0.25) is 0 Å². The number of piperazine rings is 1. The van der Waals surface area contributed by atoms with Crippen LogP contribution in [0.2, 0.25) is 5.02 Å². The molecule has 1 aliphatic rings. The summed E-state index contributed by atoms with van der Waals surface area (Å²) in [6, 6.07) is 9.64. The molecule has 1 aromatic carbocycles. The Bertz CT molecular complexity index is 830. The number of benzene rings is 1. The van der Waals surface area contributed by atoms with Crippen molar-refractivity contribution in [2.45, 2.75) is 0 Å². The Hall–Kier alpha value is -2.45. The predicted octanol–water partition coefficient (Wildman–Crippen LogP) is 2.91. The van der Waals surface area contributed by atoms with Gasteiger partial charge in [-0.25, -0.2) is 0 Å². The Morgan fingerprint density at radius 1 is 1.00 bits per heavy atom. The van der Waals surface area contributed by atoms with Gasteiger partial charge in [-0.1, -0.05) is 35.1 Å². The van der Waals surface area contributed by atoms with E-state index >= 15 is 0 Å². The summed E-state index contributed by atoms with van der Waals surface area (Å²) in [5, 5.41) is 11.1. The first kappa shape index (κ1) is 17.4. The average Bonchev–Trinajstić information content (AvgIpc) is 3.11. The second kappa shape index (κ2) is 7.20. The highest BCUT2D eigenvalue weighted by molar-refractivity contribution is 7.17. The maximum absolute atomic E-state index is 12.5. The SMILES string of the molecule is O=C(c1ccc([N+](=O)[O-])s1)N1CCN(C(=O)c2ccccc2Cl)CC1. The van der Waals surface area contributed by atoms with Crippen LogP contribution in [0.15, 0.2) is 36.4 Å². The molecule has 0 saturated carbocycles. The van der Waals surface area contributed by atoms with E-state index in [1.165, 1.54) is 12.1 Å². The van der Waals surface area contributed by atoms with Crippen LogP contribution >= 0.6 is 22.9 Å². The first-order valence-electron chi connectivity index (χ1n) is 7.54. The molecule has 3 rings (SSSR count). The number of carbonyl (C=O) groups excluding carboxylic acids is 2. The second-order valence-corrected chi connectivity index (χ2v) is 6.93. The number of hydrogen-bond donors (Lipinski definition) is 0. The highest BCUT2D eigenvalue weighted by atomic mass is 35.5. The fourth-order valence-corrected chi connectivity index (χ4v) is 3.62. The molecule has 0 spiro atoms. The standard InChI is InChI=1S/C16H14ClN3O4S/c17-12-4-2-1-3-11(12)15(21)18-7-9-19(10-8-18)16(22)13-5-6-14(25-13)20(23)24/h1-6H,7-10H2. The maximum Gasteiger partial charge on any atom is 0.324 e. The fraction of sp³-hybridized carbons (Fsp3) is 0.250. The minimum atomic E-state index is -0.512. The highest BCUT2D eigenvalue weighted by Gasteiger charge is 2.27. The lowest BCUT2D eigenvalue weighted by Crippen LogP contribution is -2.50. The third-order valence-electron chi connectivity index (χ3n) is 3.94. The van der Waals surface area contributed by atoms with Gasteiger partial charge >= 0.3 is 5.00 Å². The van der Waals surface area contributed by atoms with E-state index in [0.29, 0.717) is 41.6 Å². The zero-order chi connectivity index (χ0) is 18.0. The number of thiophene rings is 1. The van der Waals surface area contributed by atoms with Crippen LogP contribution in [0.1, 0.15) is 20.0 Å². The first-order chi connectivity index (χ1) is 12.0. The Kier molecular flexibility index (Phi) is 5.00. The molecule has 7 nitrogen and oxygen atoms in total. The van der Waals surface area contributed by atoms with Crippen molar-refractivity contribution in [3.8, 4) is 0 Å². The normalized spacial score (nSPS) is 14.4. The molecule has 2 heterocycles. The molecule has 0 atom stereocenters. The third kappa shape index (κ3) is 3.64. The van der Waals surface area contributed by atoms with Gasteiger partial charge in [-0.15, -0.1) is 0 Å². The van der Waals surface area contributed by atoms with Gasteiger partial charge in [0, 0.05) is 32.2 Å². The summed E-state index contributed by atoms with van der Waals surface area (Å²) in [6.45, 7) is 1.54. The summed E-state index contributed by atoms with van der Waals surface area (Å²) in [6.07, 6.45) is 0. The number of nitro groups is 1. The van der Waals surface area contributed by atoms with E-state index in [1.54, 1.807) is 34.1 Å². The van der Waals surface area contributed by atoms with Crippen LogP contribution in [-0.4, -0.2) is 52.7 Å². The van der Waals surface area contributed by atoms with Gasteiger partial charge in [-0.2, -0.15) is 0 Å². The molecule has 9 heteroatoms. The zero-order valence-corrected chi connectivity index (χ0v) is 14.6. The minimum Gasteiger partial charge on any atom is -0.335 e. The van der Waals surface area contributed by atoms with Crippen molar-refractivity contribution in [1.82, 2.24) is 9.80 Å². The van der Waals surface area contributed by atoms with E-state index in [2.05, 4.69) is 0 Å². The lowest BCUT2D eigenvalue weighted by atomic mass is 10.2. The van der Waals surface area contributed by atoms with Crippen molar-refractivity contribution in [1.29, 1.82) is 0 Å². The van der Waals surface area contributed by atoms with Crippen molar-refractivity contribution in [3.63, 3.8) is 0 Å². The van der Waals surface area contributed by atoms with E-state index in [9.17, 15) is 19.7 Å². The topological polar surface area (TPSA) is 83.8 Å². The van der Waals surface area contributed by atoms with Crippen LogP contribution in [0, 0.1) is 10.1 Å². The quantitative estimate of drug-likeness (QED) is 0.606. The largest absolute Gasteiger partial charge is 0.335 e. The van der Waals surface area contributed by atoms with Crippen molar-refractivity contribution >= 4 is 39.8 Å². The van der Waals surface area contributed by atoms with Crippen molar-refractivity contribution in [2.24, 2.45) is 0 Å². The van der Waals surface area contributed by atoms with Crippen LogP contribution in [0.4, 0.5) is 5.00 Å². The number of rotatable bonds is 3. The van der Waals surface area contributed by atoms with Crippen LogP contribution in [0.3, 0.4) is 0 Å². The summed E-state index contributed by atoms with van der Waals surface area (Å²) in [4.78, 5) is 38.7. The molecule has 1 fully saturated rings. The van der Waals surface area contributed by atoms with Crippen molar-refractivity contribution in [2.75, 3.05) is 26.2 Å². The monoisotopic (exact) mass is 379 g/mol. The molecule has 130 valence electrons. The Balaban J connectivity index is 1.63. The molecule has 0 radical (unpaired) electrons. The minimum absolute atomic E-state index is 0.0594. The van der Waals surface area contributed by atoms with E-state index in [-0.39, 0.29) is 16.8 Å². The Labute approximate surface area is 152 Å². The number of carbonyl (C=O) groups is 2. The van der Waals surface area contributed by atoms with Crippen LogP contribution in [-0.2, 0) is 0 Å². The van der Waals surface area contributed by atoms with Crippen LogP contribution in [0.25, 0.3) is 0 Å². The molecule has 25 heavy (non-hydrogen) atoms. The van der Waals surface area contributed by atoms with E-state index in [1.807, 2.05) is 0 Å². The summed E-state index contributed by atoms with van der Waals surface area (Å²) in [5.74, 6) is -0.410. The Morgan fingerprint density at radius 3 is 2.16 bits per heavy atom. The molecule has 0 bridgehead atoms. The van der Waals surface area contributed by atoms with Gasteiger partial charge in [-0.05, 0) is 18.2 Å². The summed E-state index contributed by atoms with van der Waals surface area (Å²) >= 11 is 6.92. The molecular formula is C16H14ClN3O4S. The molecule has 0 aliphatic carbocycles. The first-order valence-corrected chi connectivity index (χ1v) is 8.74. The summed E-state index contributed by atoms with van der Waals surface area (Å²) in [7, 11) is 0.